The Labute approximate surface area is 118 Å². The molecule has 19 heavy (non-hydrogen) atoms. The SMILES string of the molecule is CN(NCl)C1CCC(C(=O)Nc2ccncc2)CC1. The normalized spacial score (nSPS) is 23.3. The average Bonchev–Trinajstić information content (AvgIpc) is 2.47. The van der Waals surface area contributed by atoms with E-state index in [9.17, 15) is 4.79 Å². The minimum Gasteiger partial charge on any atom is -0.326 e. The largest absolute Gasteiger partial charge is 0.326 e. The fourth-order valence-corrected chi connectivity index (χ4v) is 2.61. The van der Waals surface area contributed by atoms with Crippen molar-refractivity contribution in [3.63, 3.8) is 0 Å². The molecular weight excluding hydrogens is 264 g/mol. The minimum absolute atomic E-state index is 0.0909. The van der Waals surface area contributed by atoms with E-state index < -0.39 is 0 Å². The minimum atomic E-state index is 0.0909. The highest BCUT2D eigenvalue weighted by atomic mass is 35.5. The quantitative estimate of drug-likeness (QED) is 0.656. The summed E-state index contributed by atoms with van der Waals surface area (Å²) in [6, 6.07) is 4.01. The van der Waals surface area contributed by atoms with Crippen LogP contribution in [0.2, 0.25) is 0 Å². The molecule has 0 aliphatic heterocycles. The van der Waals surface area contributed by atoms with Gasteiger partial charge in [0.15, 0.2) is 0 Å². The molecule has 1 fully saturated rings. The van der Waals surface area contributed by atoms with Gasteiger partial charge in [-0.15, -0.1) is 0 Å². The first kappa shape index (κ1) is 14.2. The fourth-order valence-electron chi connectivity index (χ4n) is 2.47. The fraction of sp³-hybridized carbons (Fsp3) is 0.538. The smallest absolute Gasteiger partial charge is 0.227 e. The number of aromatic nitrogens is 1. The standard InChI is InChI=1S/C13H19ClN4O/c1-18(17-14)12-4-2-10(3-5-12)13(19)16-11-6-8-15-9-7-11/h6-10,12,17H,2-5H2,1H3,(H,15,16,19). The number of carbonyl (C=O) groups is 1. The molecule has 0 aromatic carbocycles. The summed E-state index contributed by atoms with van der Waals surface area (Å²) in [4.78, 5) is 18.7. The second kappa shape index (κ2) is 6.84. The molecule has 0 spiro atoms. The zero-order valence-electron chi connectivity index (χ0n) is 11.0. The van der Waals surface area contributed by atoms with Gasteiger partial charge in [-0.1, -0.05) is 0 Å². The average molecular weight is 283 g/mol. The Kier molecular flexibility index (Phi) is 5.13. The number of rotatable bonds is 4. The van der Waals surface area contributed by atoms with E-state index in [1.807, 2.05) is 12.1 Å². The van der Waals surface area contributed by atoms with E-state index in [0.717, 1.165) is 31.4 Å². The van der Waals surface area contributed by atoms with Gasteiger partial charge in [-0.25, -0.2) is 5.01 Å². The predicted molar refractivity (Wildman–Crippen MR) is 75.4 cm³/mol. The Morgan fingerprint density at radius 2 is 1.95 bits per heavy atom. The number of anilines is 1. The molecule has 1 heterocycles. The lowest BCUT2D eigenvalue weighted by Crippen LogP contribution is -2.41. The van der Waals surface area contributed by atoms with Crippen molar-refractivity contribution in [1.29, 1.82) is 0 Å². The first-order chi connectivity index (χ1) is 9.20. The van der Waals surface area contributed by atoms with E-state index in [4.69, 9.17) is 11.8 Å². The van der Waals surface area contributed by atoms with Crippen LogP contribution >= 0.6 is 11.8 Å². The number of hydrazine groups is 1. The second-order valence-corrected chi connectivity index (χ2v) is 5.10. The maximum atomic E-state index is 12.1. The van der Waals surface area contributed by atoms with Gasteiger partial charge in [0.05, 0.1) is 0 Å². The van der Waals surface area contributed by atoms with Gasteiger partial charge in [0, 0.05) is 37.1 Å². The van der Waals surface area contributed by atoms with Crippen LogP contribution in [0.25, 0.3) is 0 Å². The highest BCUT2D eigenvalue weighted by molar-refractivity contribution is 6.13. The molecule has 6 heteroatoms. The summed E-state index contributed by atoms with van der Waals surface area (Å²) in [5.74, 6) is 0.194. The van der Waals surface area contributed by atoms with E-state index in [0.29, 0.717) is 6.04 Å². The van der Waals surface area contributed by atoms with Gasteiger partial charge in [-0.05, 0) is 49.6 Å². The van der Waals surface area contributed by atoms with Gasteiger partial charge < -0.3 is 5.32 Å². The molecule has 0 unspecified atom stereocenters. The number of amides is 1. The van der Waals surface area contributed by atoms with E-state index in [1.165, 1.54) is 0 Å². The highest BCUT2D eigenvalue weighted by Gasteiger charge is 2.28. The van der Waals surface area contributed by atoms with Gasteiger partial charge in [0.25, 0.3) is 0 Å². The van der Waals surface area contributed by atoms with E-state index in [1.54, 1.807) is 24.5 Å². The van der Waals surface area contributed by atoms with Crippen LogP contribution in [0.15, 0.2) is 24.5 Å². The summed E-state index contributed by atoms with van der Waals surface area (Å²) >= 11 is 5.58. The Bertz CT molecular complexity index is 406. The second-order valence-electron chi connectivity index (χ2n) is 4.93. The first-order valence-electron chi connectivity index (χ1n) is 6.50. The van der Waals surface area contributed by atoms with Crippen molar-refractivity contribution in [2.75, 3.05) is 12.4 Å². The Morgan fingerprint density at radius 1 is 1.32 bits per heavy atom. The van der Waals surface area contributed by atoms with Gasteiger partial charge >= 0.3 is 0 Å². The zero-order valence-corrected chi connectivity index (χ0v) is 11.7. The summed E-state index contributed by atoms with van der Waals surface area (Å²) < 4.78 is 0. The van der Waals surface area contributed by atoms with Crippen molar-refractivity contribution < 1.29 is 4.79 Å². The Morgan fingerprint density at radius 3 is 2.53 bits per heavy atom. The lowest BCUT2D eigenvalue weighted by atomic mass is 9.85. The van der Waals surface area contributed by atoms with Crippen LogP contribution in [0.4, 0.5) is 5.69 Å². The third-order valence-electron chi connectivity index (χ3n) is 3.70. The van der Waals surface area contributed by atoms with Crippen LogP contribution in [0, 0.1) is 5.92 Å². The molecule has 1 amide bonds. The number of hydrogen-bond acceptors (Lipinski definition) is 4. The summed E-state index contributed by atoms with van der Waals surface area (Å²) in [5.41, 5.74) is 0.807. The third-order valence-corrected chi connectivity index (χ3v) is 3.96. The number of nitrogens with one attached hydrogen (secondary N) is 2. The van der Waals surface area contributed by atoms with Crippen molar-refractivity contribution in [2.24, 2.45) is 5.92 Å². The number of nitrogens with zero attached hydrogens (tertiary/aromatic N) is 2. The van der Waals surface area contributed by atoms with Gasteiger partial charge in [0.2, 0.25) is 5.91 Å². The molecule has 1 aromatic rings. The lowest BCUT2D eigenvalue weighted by molar-refractivity contribution is -0.121. The molecule has 1 saturated carbocycles. The third kappa shape index (κ3) is 3.89. The number of hydrogen-bond donors (Lipinski definition) is 2. The van der Waals surface area contributed by atoms with Crippen LogP contribution in [-0.4, -0.2) is 29.0 Å². The number of halogens is 1. The van der Waals surface area contributed by atoms with Crippen LogP contribution in [0.1, 0.15) is 25.7 Å². The van der Waals surface area contributed by atoms with Crippen molar-refractivity contribution in [3.05, 3.63) is 24.5 Å². The molecule has 104 valence electrons. The van der Waals surface area contributed by atoms with Crippen molar-refractivity contribution in [3.8, 4) is 0 Å². The summed E-state index contributed by atoms with van der Waals surface area (Å²) in [6.07, 6.45) is 7.09. The Balaban J connectivity index is 1.83. The van der Waals surface area contributed by atoms with Crippen molar-refractivity contribution >= 4 is 23.4 Å². The number of pyridine rings is 1. The highest BCUT2D eigenvalue weighted by Crippen LogP contribution is 2.27. The summed E-state index contributed by atoms with van der Waals surface area (Å²) in [5, 5.41) is 4.84. The molecule has 2 rings (SSSR count). The first-order valence-corrected chi connectivity index (χ1v) is 6.88. The molecule has 5 nitrogen and oxygen atoms in total. The van der Waals surface area contributed by atoms with Crippen LogP contribution in [0.3, 0.4) is 0 Å². The molecular formula is C13H19ClN4O. The maximum Gasteiger partial charge on any atom is 0.227 e. The topological polar surface area (TPSA) is 57.3 Å². The van der Waals surface area contributed by atoms with E-state index in [-0.39, 0.29) is 11.8 Å². The van der Waals surface area contributed by atoms with Crippen LogP contribution in [-0.2, 0) is 4.79 Å². The molecule has 1 aliphatic carbocycles. The maximum absolute atomic E-state index is 12.1. The van der Waals surface area contributed by atoms with E-state index in [2.05, 4.69) is 15.2 Å². The van der Waals surface area contributed by atoms with Crippen molar-refractivity contribution in [2.45, 2.75) is 31.7 Å². The van der Waals surface area contributed by atoms with Gasteiger partial charge in [-0.3, -0.25) is 9.78 Å². The summed E-state index contributed by atoms with van der Waals surface area (Å²) in [7, 11) is 1.93. The lowest BCUT2D eigenvalue weighted by Gasteiger charge is -2.32. The zero-order chi connectivity index (χ0) is 13.7. The molecule has 1 aromatic heterocycles. The van der Waals surface area contributed by atoms with Crippen molar-refractivity contribution in [1.82, 2.24) is 14.9 Å². The van der Waals surface area contributed by atoms with Gasteiger partial charge in [-0.2, -0.15) is 4.94 Å². The molecule has 2 N–H and O–H groups in total. The molecule has 0 atom stereocenters. The van der Waals surface area contributed by atoms with E-state index >= 15 is 0 Å². The van der Waals surface area contributed by atoms with Crippen LogP contribution < -0.4 is 10.3 Å². The van der Waals surface area contributed by atoms with Gasteiger partial charge in [0.1, 0.15) is 0 Å². The molecule has 1 aliphatic rings. The number of carbonyl (C=O) groups excluding carboxylic acids is 1. The summed E-state index contributed by atoms with van der Waals surface area (Å²) in [6.45, 7) is 0. The Hall–Kier alpha value is -1.17. The molecule has 0 bridgehead atoms. The molecule has 0 saturated heterocycles. The van der Waals surface area contributed by atoms with Crippen LogP contribution in [0.5, 0.6) is 0 Å². The predicted octanol–water partition coefficient (Wildman–Crippen LogP) is 2.17. The monoisotopic (exact) mass is 282 g/mol. The molecule has 0 radical (unpaired) electrons.